The molecule has 152 valence electrons. The van der Waals surface area contributed by atoms with E-state index in [0.29, 0.717) is 6.42 Å². The molecule has 0 radical (unpaired) electrons. The van der Waals surface area contributed by atoms with Crippen LogP contribution in [0.5, 0.6) is 0 Å². The number of aromatic nitrogens is 2. The van der Waals surface area contributed by atoms with Gasteiger partial charge in [-0.15, -0.1) is 11.3 Å². The van der Waals surface area contributed by atoms with Crippen molar-refractivity contribution in [3.63, 3.8) is 0 Å². The Labute approximate surface area is 178 Å². The van der Waals surface area contributed by atoms with Gasteiger partial charge in [-0.25, -0.2) is 18.4 Å². The van der Waals surface area contributed by atoms with Crippen LogP contribution in [0.15, 0.2) is 47.8 Å². The molecule has 0 saturated carbocycles. The molecule has 1 amide bonds. The molecule has 1 aromatic carbocycles. The van der Waals surface area contributed by atoms with E-state index in [2.05, 4.69) is 28.2 Å². The molecule has 0 N–H and O–H groups in total. The highest BCUT2D eigenvalue weighted by atomic mass is 32.2. The highest BCUT2D eigenvalue weighted by Crippen LogP contribution is 2.37. The summed E-state index contributed by atoms with van der Waals surface area (Å²) in [7, 11) is -1.34. The molecular weight excluding hydrogens is 426 g/mol. The Bertz CT molecular complexity index is 1150. The quantitative estimate of drug-likeness (QED) is 0.440. The Morgan fingerprint density at radius 2 is 2.03 bits per heavy atom. The number of amides is 1. The Morgan fingerprint density at radius 1 is 1.28 bits per heavy atom. The van der Waals surface area contributed by atoms with E-state index in [4.69, 9.17) is 0 Å². The number of nitrogens with zero attached hydrogens (tertiary/aromatic N) is 3. The molecule has 2 atom stereocenters. The van der Waals surface area contributed by atoms with Crippen molar-refractivity contribution in [2.24, 2.45) is 0 Å². The first kappa shape index (κ1) is 20.3. The summed E-state index contributed by atoms with van der Waals surface area (Å²) in [4.78, 5) is 25.3. The second kappa shape index (κ2) is 8.04. The zero-order chi connectivity index (χ0) is 20.6. The lowest BCUT2D eigenvalue weighted by atomic mass is 10.2. The largest absolute Gasteiger partial charge is 0.341 e. The smallest absolute Gasteiger partial charge is 0.235 e. The summed E-state index contributed by atoms with van der Waals surface area (Å²) in [5.41, 5.74) is 1.12. The Balaban J connectivity index is 1.54. The van der Waals surface area contributed by atoms with Crippen molar-refractivity contribution < 1.29 is 13.2 Å². The number of rotatable bonds is 5. The number of hydrogen-bond acceptors (Lipinski definition) is 7. The number of carbonyl (C=O) groups excluding carboxylic acids is 1. The van der Waals surface area contributed by atoms with E-state index in [1.807, 2.05) is 25.1 Å². The van der Waals surface area contributed by atoms with Gasteiger partial charge in [0.05, 0.1) is 16.8 Å². The van der Waals surface area contributed by atoms with Gasteiger partial charge in [-0.2, -0.15) is 0 Å². The first-order valence-corrected chi connectivity index (χ1v) is 12.8. The molecule has 3 aromatic rings. The SMILES string of the molecule is C[C@@H](Sc1ncnc2sc(-c3ccccc3)cc12)C(=O)N(C)[C@@H]1CCS(=O)(=O)C1. The zero-order valence-corrected chi connectivity index (χ0v) is 18.6. The van der Waals surface area contributed by atoms with Crippen molar-refractivity contribution in [1.29, 1.82) is 0 Å². The van der Waals surface area contributed by atoms with Crippen molar-refractivity contribution in [2.75, 3.05) is 18.6 Å². The first-order valence-electron chi connectivity index (χ1n) is 9.28. The van der Waals surface area contributed by atoms with Crippen LogP contribution in [0, 0.1) is 0 Å². The van der Waals surface area contributed by atoms with Gasteiger partial charge in [-0.1, -0.05) is 42.1 Å². The van der Waals surface area contributed by atoms with Crippen LogP contribution in [0.2, 0.25) is 0 Å². The summed E-state index contributed by atoms with van der Waals surface area (Å²) in [6.07, 6.45) is 2.03. The summed E-state index contributed by atoms with van der Waals surface area (Å²) in [6, 6.07) is 11.9. The molecule has 6 nitrogen and oxygen atoms in total. The molecule has 29 heavy (non-hydrogen) atoms. The van der Waals surface area contributed by atoms with Crippen LogP contribution in [0.1, 0.15) is 13.3 Å². The van der Waals surface area contributed by atoms with Crippen molar-refractivity contribution in [2.45, 2.75) is 29.7 Å². The van der Waals surface area contributed by atoms with E-state index < -0.39 is 9.84 Å². The maximum absolute atomic E-state index is 12.9. The molecule has 0 unspecified atom stereocenters. The summed E-state index contributed by atoms with van der Waals surface area (Å²) in [5.74, 6) is 0.123. The van der Waals surface area contributed by atoms with E-state index in [1.165, 1.54) is 18.1 Å². The van der Waals surface area contributed by atoms with Gasteiger partial charge in [0.2, 0.25) is 5.91 Å². The molecule has 0 spiro atoms. The van der Waals surface area contributed by atoms with Crippen molar-refractivity contribution in [3.8, 4) is 10.4 Å². The summed E-state index contributed by atoms with van der Waals surface area (Å²) < 4.78 is 23.5. The third-order valence-corrected chi connectivity index (χ3v) is 9.04. The second-order valence-corrected chi connectivity index (χ2v) is 11.7. The maximum Gasteiger partial charge on any atom is 0.235 e. The molecule has 3 heterocycles. The van der Waals surface area contributed by atoms with Crippen molar-refractivity contribution in [3.05, 3.63) is 42.7 Å². The average Bonchev–Trinajstić information content (AvgIpc) is 3.31. The fourth-order valence-corrected chi connectivity index (χ4v) is 7.27. The molecule has 1 saturated heterocycles. The fourth-order valence-electron chi connectivity index (χ4n) is 3.44. The monoisotopic (exact) mass is 447 g/mol. The molecule has 2 aromatic heterocycles. The van der Waals surface area contributed by atoms with Crippen LogP contribution in [0.4, 0.5) is 0 Å². The Hall–Kier alpha value is -1.97. The van der Waals surface area contributed by atoms with Gasteiger partial charge in [0.1, 0.15) is 16.2 Å². The molecule has 1 aliphatic rings. The first-order chi connectivity index (χ1) is 13.8. The topological polar surface area (TPSA) is 80.2 Å². The fraction of sp³-hybridized carbons (Fsp3) is 0.350. The lowest BCUT2D eigenvalue weighted by molar-refractivity contribution is -0.130. The van der Waals surface area contributed by atoms with Gasteiger partial charge in [-0.05, 0) is 25.0 Å². The number of carbonyl (C=O) groups is 1. The zero-order valence-electron chi connectivity index (χ0n) is 16.1. The predicted octanol–water partition coefficient (Wildman–Crippen LogP) is 3.48. The van der Waals surface area contributed by atoms with Crippen LogP contribution in [0.25, 0.3) is 20.7 Å². The third-order valence-electron chi connectivity index (χ3n) is 5.09. The predicted molar refractivity (Wildman–Crippen MR) is 118 cm³/mol. The number of benzene rings is 1. The van der Waals surface area contributed by atoms with Crippen LogP contribution in [0.3, 0.4) is 0 Å². The van der Waals surface area contributed by atoms with Gasteiger partial charge >= 0.3 is 0 Å². The Kier molecular flexibility index (Phi) is 5.63. The van der Waals surface area contributed by atoms with Crippen LogP contribution in [-0.4, -0.2) is 59.0 Å². The summed E-state index contributed by atoms with van der Waals surface area (Å²) >= 11 is 2.99. The standard InChI is InChI=1S/C20H21N3O3S3/c1-13(20(24)23(2)15-8-9-29(25,26)11-15)27-18-16-10-17(14-6-4-3-5-7-14)28-19(16)22-12-21-18/h3-7,10,12-13,15H,8-9,11H2,1-2H3/t13-,15-/m1/s1. The van der Waals surface area contributed by atoms with E-state index >= 15 is 0 Å². The van der Waals surface area contributed by atoms with Crippen LogP contribution >= 0.6 is 23.1 Å². The van der Waals surface area contributed by atoms with Crippen LogP contribution in [-0.2, 0) is 14.6 Å². The minimum atomic E-state index is -3.03. The second-order valence-electron chi connectivity index (χ2n) is 7.14. The number of thioether (sulfide) groups is 1. The van der Waals surface area contributed by atoms with E-state index in [-0.39, 0.29) is 28.7 Å². The van der Waals surface area contributed by atoms with Gasteiger partial charge in [0.25, 0.3) is 0 Å². The molecule has 0 bridgehead atoms. The average molecular weight is 448 g/mol. The van der Waals surface area contributed by atoms with Crippen molar-refractivity contribution in [1.82, 2.24) is 14.9 Å². The lowest BCUT2D eigenvalue weighted by Crippen LogP contribution is -2.41. The van der Waals surface area contributed by atoms with E-state index in [1.54, 1.807) is 23.3 Å². The molecule has 1 aliphatic heterocycles. The van der Waals surface area contributed by atoms with Crippen LogP contribution < -0.4 is 0 Å². The van der Waals surface area contributed by atoms with E-state index in [0.717, 1.165) is 25.7 Å². The summed E-state index contributed by atoms with van der Waals surface area (Å²) in [6.45, 7) is 1.84. The summed E-state index contributed by atoms with van der Waals surface area (Å²) in [5, 5.41) is 1.33. The minimum absolute atomic E-state index is 0.0509. The number of thiophene rings is 1. The maximum atomic E-state index is 12.9. The van der Waals surface area contributed by atoms with Crippen molar-refractivity contribution >= 4 is 49.1 Å². The number of hydrogen-bond donors (Lipinski definition) is 0. The molecule has 1 fully saturated rings. The molecular formula is C20H21N3O3S3. The normalized spacial score (nSPS) is 19.3. The van der Waals surface area contributed by atoms with Gasteiger partial charge in [-0.3, -0.25) is 4.79 Å². The Morgan fingerprint density at radius 3 is 2.72 bits per heavy atom. The number of fused-ring (bicyclic) bond motifs is 1. The third kappa shape index (κ3) is 4.31. The highest BCUT2D eigenvalue weighted by Gasteiger charge is 2.34. The minimum Gasteiger partial charge on any atom is -0.341 e. The number of sulfone groups is 1. The van der Waals surface area contributed by atoms with Gasteiger partial charge in [0, 0.05) is 23.4 Å². The molecule has 9 heteroatoms. The van der Waals surface area contributed by atoms with Gasteiger partial charge in [0.15, 0.2) is 9.84 Å². The molecule has 4 rings (SSSR count). The lowest BCUT2D eigenvalue weighted by Gasteiger charge is -2.26. The molecule has 0 aliphatic carbocycles. The highest BCUT2D eigenvalue weighted by molar-refractivity contribution is 8.00. The van der Waals surface area contributed by atoms with E-state index in [9.17, 15) is 13.2 Å². The van der Waals surface area contributed by atoms with Gasteiger partial charge < -0.3 is 4.90 Å².